The lowest BCUT2D eigenvalue weighted by Gasteiger charge is -2.20. The number of hydrogen-bond donors (Lipinski definition) is 1. The van der Waals surface area contributed by atoms with Gasteiger partial charge in [-0.1, -0.05) is 45.0 Å². The van der Waals surface area contributed by atoms with Crippen LogP contribution < -0.4 is 0 Å². The van der Waals surface area contributed by atoms with Gasteiger partial charge in [0.1, 0.15) is 0 Å². The monoisotopic (exact) mass is 296 g/mol. The van der Waals surface area contributed by atoms with E-state index in [0.29, 0.717) is 12.8 Å². The van der Waals surface area contributed by atoms with Gasteiger partial charge in [-0.3, -0.25) is 0 Å². The van der Waals surface area contributed by atoms with Gasteiger partial charge in [0.15, 0.2) is 9.84 Å². The van der Waals surface area contributed by atoms with E-state index in [4.69, 9.17) is 0 Å². The number of benzene rings is 1. The predicted molar refractivity (Wildman–Crippen MR) is 81.5 cm³/mol. The van der Waals surface area contributed by atoms with Gasteiger partial charge in [-0.25, -0.2) is 8.42 Å². The summed E-state index contributed by atoms with van der Waals surface area (Å²) in [6, 6.07) is 8.00. The first-order valence-electron chi connectivity index (χ1n) is 7.16. The molecule has 1 aliphatic rings. The summed E-state index contributed by atoms with van der Waals surface area (Å²) >= 11 is 0. The maximum atomic E-state index is 11.4. The van der Waals surface area contributed by atoms with Crippen molar-refractivity contribution in [1.82, 2.24) is 0 Å². The molecular formula is C16H24O3S. The zero-order chi connectivity index (χ0) is 15.0. The lowest BCUT2D eigenvalue weighted by atomic mass is 9.86. The molecule has 1 fully saturated rings. The van der Waals surface area contributed by atoms with E-state index < -0.39 is 15.9 Å². The van der Waals surface area contributed by atoms with Crippen LogP contribution in [0.25, 0.3) is 0 Å². The third-order valence-corrected chi connectivity index (χ3v) is 5.88. The smallest absolute Gasteiger partial charge is 0.150 e. The third kappa shape index (κ3) is 3.83. The molecule has 4 heteroatoms. The van der Waals surface area contributed by atoms with E-state index in [-0.39, 0.29) is 22.8 Å². The van der Waals surface area contributed by atoms with Crippen molar-refractivity contribution in [3.8, 4) is 0 Å². The first kappa shape index (κ1) is 15.5. The van der Waals surface area contributed by atoms with Gasteiger partial charge in [0.2, 0.25) is 0 Å². The Kier molecular flexibility index (Phi) is 4.26. The number of rotatable bonds is 3. The largest absolute Gasteiger partial charge is 0.388 e. The molecule has 1 N–H and O–H groups in total. The van der Waals surface area contributed by atoms with E-state index >= 15 is 0 Å². The first-order chi connectivity index (χ1) is 9.17. The van der Waals surface area contributed by atoms with E-state index in [2.05, 4.69) is 20.8 Å². The molecule has 2 atom stereocenters. The Morgan fingerprint density at radius 2 is 1.85 bits per heavy atom. The minimum Gasteiger partial charge on any atom is -0.388 e. The van der Waals surface area contributed by atoms with Gasteiger partial charge in [-0.05, 0) is 35.3 Å². The second-order valence-electron chi connectivity index (χ2n) is 6.89. The summed E-state index contributed by atoms with van der Waals surface area (Å²) in [5, 5.41) is 10.3. The van der Waals surface area contributed by atoms with Crippen LogP contribution >= 0.6 is 0 Å². The summed E-state index contributed by atoms with van der Waals surface area (Å²) in [4.78, 5) is 0. The highest BCUT2D eigenvalue weighted by Gasteiger charge is 2.29. The van der Waals surface area contributed by atoms with Gasteiger partial charge in [-0.2, -0.15) is 0 Å². The van der Waals surface area contributed by atoms with E-state index in [9.17, 15) is 13.5 Å². The summed E-state index contributed by atoms with van der Waals surface area (Å²) < 4.78 is 22.9. The van der Waals surface area contributed by atoms with Crippen molar-refractivity contribution < 1.29 is 13.5 Å². The van der Waals surface area contributed by atoms with Crippen molar-refractivity contribution in [3.05, 3.63) is 35.4 Å². The van der Waals surface area contributed by atoms with Crippen LogP contribution in [0.4, 0.5) is 0 Å². The van der Waals surface area contributed by atoms with Crippen LogP contribution in [0.2, 0.25) is 0 Å². The Hall–Kier alpha value is -0.870. The molecule has 0 bridgehead atoms. The fourth-order valence-electron chi connectivity index (χ4n) is 2.71. The van der Waals surface area contributed by atoms with Crippen LogP contribution in [0.1, 0.15) is 50.8 Å². The Morgan fingerprint density at radius 1 is 1.25 bits per heavy atom. The topological polar surface area (TPSA) is 54.4 Å². The minimum atomic E-state index is -2.86. The summed E-state index contributed by atoms with van der Waals surface area (Å²) in [6.07, 6.45) is 0.649. The fraction of sp³-hybridized carbons (Fsp3) is 0.625. The van der Waals surface area contributed by atoms with Crippen LogP contribution in [0.5, 0.6) is 0 Å². The van der Waals surface area contributed by atoms with Crippen LogP contribution in [0.15, 0.2) is 24.3 Å². The standard InChI is InChI=1S/C16H24O3S/c1-16(2,3)14-6-4-13(5-7-14)15(17)10-12-8-9-20(18,19)11-12/h4-7,12,15,17H,8-11H2,1-3H3. The predicted octanol–water partition coefficient (Wildman–Crippen LogP) is 2.84. The molecule has 2 unspecified atom stereocenters. The molecule has 1 aliphatic heterocycles. The van der Waals surface area contributed by atoms with E-state index in [1.54, 1.807) is 0 Å². The van der Waals surface area contributed by atoms with Crippen LogP contribution in [-0.4, -0.2) is 25.0 Å². The first-order valence-corrected chi connectivity index (χ1v) is 8.98. The normalized spacial score (nSPS) is 23.7. The van der Waals surface area contributed by atoms with Gasteiger partial charge in [-0.15, -0.1) is 0 Å². The second kappa shape index (κ2) is 5.49. The molecule has 0 saturated carbocycles. The van der Waals surface area contributed by atoms with Crippen LogP contribution in [0.3, 0.4) is 0 Å². The molecule has 20 heavy (non-hydrogen) atoms. The lowest BCUT2D eigenvalue weighted by molar-refractivity contribution is 0.148. The number of hydrogen-bond acceptors (Lipinski definition) is 3. The molecule has 3 nitrogen and oxygen atoms in total. The minimum absolute atomic E-state index is 0.0947. The molecule has 1 saturated heterocycles. The van der Waals surface area contributed by atoms with Crippen LogP contribution in [-0.2, 0) is 15.3 Å². The van der Waals surface area contributed by atoms with Crippen molar-refractivity contribution in [2.24, 2.45) is 5.92 Å². The molecule has 1 heterocycles. The molecule has 1 aromatic rings. The Morgan fingerprint density at radius 3 is 2.30 bits per heavy atom. The Balaban J connectivity index is 2.01. The molecule has 2 rings (SSSR count). The summed E-state index contributed by atoms with van der Waals surface area (Å²) in [7, 11) is -2.86. The average Bonchev–Trinajstić information content (AvgIpc) is 2.67. The molecule has 1 aromatic carbocycles. The quantitative estimate of drug-likeness (QED) is 0.933. The molecule has 0 aliphatic carbocycles. The van der Waals surface area contributed by atoms with E-state index in [0.717, 1.165) is 5.56 Å². The average molecular weight is 296 g/mol. The molecule has 0 radical (unpaired) electrons. The highest BCUT2D eigenvalue weighted by molar-refractivity contribution is 7.91. The van der Waals surface area contributed by atoms with Gasteiger partial charge < -0.3 is 5.11 Å². The summed E-state index contributed by atoms with van der Waals surface area (Å²) in [5.74, 6) is 0.592. The van der Waals surface area contributed by atoms with Crippen molar-refractivity contribution >= 4 is 9.84 Å². The summed E-state index contributed by atoms with van der Waals surface area (Å²) in [6.45, 7) is 6.46. The number of sulfone groups is 1. The summed E-state index contributed by atoms with van der Waals surface area (Å²) in [5.41, 5.74) is 2.21. The van der Waals surface area contributed by atoms with Gasteiger partial charge in [0.25, 0.3) is 0 Å². The lowest BCUT2D eigenvalue weighted by Crippen LogP contribution is -2.12. The van der Waals surface area contributed by atoms with E-state index in [1.807, 2.05) is 24.3 Å². The van der Waals surface area contributed by atoms with Gasteiger partial charge in [0.05, 0.1) is 17.6 Å². The molecule has 0 aromatic heterocycles. The Bertz CT molecular complexity index is 552. The maximum Gasteiger partial charge on any atom is 0.150 e. The molecular weight excluding hydrogens is 272 g/mol. The van der Waals surface area contributed by atoms with Crippen molar-refractivity contribution in [3.63, 3.8) is 0 Å². The second-order valence-corrected chi connectivity index (χ2v) is 9.12. The van der Waals surface area contributed by atoms with Crippen molar-refractivity contribution in [2.45, 2.75) is 45.1 Å². The van der Waals surface area contributed by atoms with Crippen LogP contribution in [0, 0.1) is 5.92 Å². The van der Waals surface area contributed by atoms with E-state index in [1.165, 1.54) is 5.56 Å². The maximum absolute atomic E-state index is 11.4. The van der Waals surface area contributed by atoms with Gasteiger partial charge >= 0.3 is 0 Å². The molecule has 0 spiro atoms. The zero-order valence-corrected chi connectivity index (χ0v) is 13.3. The third-order valence-electron chi connectivity index (χ3n) is 4.04. The Labute approximate surface area is 121 Å². The zero-order valence-electron chi connectivity index (χ0n) is 12.5. The molecule has 112 valence electrons. The van der Waals surface area contributed by atoms with Gasteiger partial charge in [0, 0.05) is 0 Å². The number of aliphatic hydroxyl groups is 1. The fourth-order valence-corrected chi connectivity index (χ4v) is 4.60. The molecule has 0 amide bonds. The SMILES string of the molecule is CC(C)(C)c1ccc(C(O)CC2CCS(=O)(=O)C2)cc1. The highest BCUT2D eigenvalue weighted by Crippen LogP contribution is 2.30. The van der Waals surface area contributed by atoms with Crippen molar-refractivity contribution in [2.75, 3.05) is 11.5 Å². The van der Waals surface area contributed by atoms with Crippen molar-refractivity contribution in [1.29, 1.82) is 0 Å². The highest BCUT2D eigenvalue weighted by atomic mass is 32.2. The number of aliphatic hydroxyl groups excluding tert-OH is 1.